The lowest BCUT2D eigenvalue weighted by atomic mass is 10.2. The van der Waals surface area contributed by atoms with E-state index in [-0.39, 0.29) is 6.03 Å². The van der Waals surface area contributed by atoms with Gasteiger partial charge in [0.25, 0.3) is 0 Å². The Labute approximate surface area is 124 Å². The van der Waals surface area contributed by atoms with Gasteiger partial charge in [0.05, 0.1) is 5.71 Å². The van der Waals surface area contributed by atoms with E-state index in [2.05, 4.69) is 15.8 Å². The molecule has 4 heteroatoms. The first-order valence-corrected chi connectivity index (χ1v) is 6.63. The van der Waals surface area contributed by atoms with Gasteiger partial charge in [0.15, 0.2) is 0 Å². The van der Waals surface area contributed by atoms with Gasteiger partial charge in [-0.05, 0) is 30.7 Å². The summed E-state index contributed by atoms with van der Waals surface area (Å²) in [5.41, 5.74) is 4.97. The molecule has 0 heterocycles. The largest absolute Gasteiger partial charge is 0.339 e. The number of hydrogen-bond donors (Lipinski definition) is 2. The molecule has 2 aromatic rings. The number of amides is 2. The van der Waals surface area contributed by atoms with E-state index in [1.54, 1.807) is 0 Å². The van der Waals surface area contributed by atoms with Crippen molar-refractivity contribution in [2.75, 3.05) is 5.32 Å². The molecule has 0 atom stereocenters. The Morgan fingerprint density at radius 2 is 1.62 bits per heavy atom. The number of nitrogens with one attached hydrogen (secondary N) is 2. The number of carbonyl (C=O) groups excluding carboxylic acids is 1. The van der Waals surface area contributed by atoms with Crippen LogP contribution in [0.25, 0.3) is 6.08 Å². The summed E-state index contributed by atoms with van der Waals surface area (Å²) in [7, 11) is 0. The fraction of sp³-hybridized carbons (Fsp3) is 0.0588. The van der Waals surface area contributed by atoms with Gasteiger partial charge >= 0.3 is 6.03 Å². The molecule has 2 amide bonds. The minimum atomic E-state index is -0.367. The van der Waals surface area contributed by atoms with E-state index in [9.17, 15) is 4.79 Å². The third-order valence-electron chi connectivity index (χ3n) is 2.68. The predicted molar refractivity (Wildman–Crippen MR) is 87.2 cm³/mol. The molecule has 2 aromatic carbocycles. The summed E-state index contributed by atoms with van der Waals surface area (Å²) in [4.78, 5) is 11.6. The van der Waals surface area contributed by atoms with Gasteiger partial charge in [-0.25, -0.2) is 10.2 Å². The number of rotatable bonds is 4. The molecule has 0 saturated heterocycles. The summed E-state index contributed by atoms with van der Waals surface area (Å²) in [5, 5.41) is 6.69. The van der Waals surface area contributed by atoms with Gasteiger partial charge in [0, 0.05) is 5.69 Å². The Bertz CT molecular complexity index is 634. The second kappa shape index (κ2) is 7.65. The number of carbonyl (C=O) groups is 1. The van der Waals surface area contributed by atoms with Crippen molar-refractivity contribution in [2.24, 2.45) is 5.10 Å². The maximum atomic E-state index is 11.6. The minimum absolute atomic E-state index is 0.367. The van der Waals surface area contributed by atoms with Crippen molar-refractivity contribution in [2.45, 2.75) is 6.92 Å². The SMILES string of the molecule is CC(/C=C/c1ccccc1)=N/NC(=O)Nc1ccccc1. The molecule has 0 bridgehead atoms. The highest BCUT2D eigenvalue weighted by Gasteiger charge is 1.98. The van der Waals surface area contributed by atoms with Gasteiger partial charge in [-0.3, -0.25) is 0 Å². The average molecular weight is 279 g/mol. The van der Waals surface area contributed by atoms with Crippen molar-refractivity contribution in [1.82, 2.24) is 5.43 Å². The molecule has 21 heavy (non-hydrogen) atoms. The van der Waals surface area contributed by atoms with E-state index < -0.39 is 0 Å². The van der Waals surface area contributed by atoms with Crippen LogP contribution >= 0.6 is 0 Å². The molecule has 0 aliphatic heterocycles. The fourth-order valence-corrected chi connectivity index (χ4v) is 1.64. The summed E-state index contributed by atoms with van der Waals surface area (Å²) in [5.74, 6) is 0. The van der Waals surface area contributed by atoms with Crippen molar-refractivity contribution in [3.05, 3.63) is 72.3 Å². The standard InChI is InChI=1S/C17H17N3O/c1-14(12-13-15-8-4-2-5-9-15)19-20-17(21)18-16-10-6-3-7-11-16/h2-13H,1H3,(H2,18,20,21)/b13-12+,19-14-. The van der Waals surface area contributed by atoms with E-state index in [1.807, 2.05) is 79.7 Å². The molecular formula is C17H17N3O. The number of para-hydroxylation sites is 1. The third kappa shape index (κ3) is 5.32. The molecule has 0 radical (unpaired) electrons. The van der Waals surface area contributed by atoms with Crippen LogP contribution in [0, 0.1) is 0 Å². The Kier molecular flexibility index (Phi) is 5.29. The zero-order chi connectivity index (χ0) is 14.9. The van der Waals surface area contributed by atoms with Crippen LogP contribution in [-0.4, -0.2) is 11.7 Å². The third-order valence-corrected chi connectivity index (χ3v) is 2.68. The van der Waals surface area contributed by atoms with Crippen molar-refractivity contribution >= 4 is 23.5 Å². The van der Waals surface area contributed by atoms with Crippen molar-refractivity contribution < 1.29 is 4.79 Å². The second-order valence-corrected chi connectivity index (χ2v) is 4.43. The van der Waals surface area contributed by atoms with Crippen LogP contribution in [0.15, 0.2) is 71.8 Å². The summed E-state index contributed by atoms with van der Waals surface area (Å²) < 4.78 is 0. The molecule has 0 aromatic heterocycles. The lowest BCUT2D eigenvalue weighted by Crippen LogP contribution is -2.24. The molecule has 0 aliphatic rings. The molecule has 0 saturated carbocycles. The molecule has 0 aliphatic carbocycles. The number of nitrogens with zero attached hydrogens (tertiary/aromatic N) is 1. The van der Waals surface area contributed by atoms with Gasteiger partial charge in [-0.15, -0.1) is 0 Å². The highest BCUT2D eigenvalue weighted by atomic mass is 16.2. The smallest absolute Gasteiger partial charge is 0.307 e. The highest BCUT2D eigenvalue weighted by Crippen LogP contribution is 2.04. The first kappa shape index (κ1) is 14.5. The topological polar surface area (TPSA) is 53.5 Å². The normalized spacial score (nSPS) is 11.4. The summed E-state index contributed by atoms with van der Waals surface area (Å²) in [6, 6.07) is 18.8. The van der Waals surface area contributed by atoms with Crippen LogP contribution < -0.4 is 10.7 Å². The van der Waals surface area contributed by atoms with Gasteiger partial charge in [-0.2, -0.15) is 5.10 Å². The van der Waals surface area contributed by atoms with Crippen LogP contribution in [0.3, 0.4) is 0 Å². The predicted octanol–water partition coefficient (Wildman–Crippen LogP) is 3.90. The van der Waals surface area contributed by atoms with Gasteiger partial charge in [0.1, 0.15) is 0 Å². The zero-order valence-electron chi connectivity index (χ0n) is 11.8. The van der Waals surface area contributed by atoms with Crippen molar-refractivity contribution in [1.29, 1.82) is 0 Å². The van der Waals surface area contributed by atoms with E-state index in [0.717, 1.165) is 11.3 Å². The zero-order valence-corrected chi connectivity index (χ0v) is 11.8. The maximum Gasteiger partial charge on any atom is 0.339 e. The van der Waals surface area contributed by atoms with Gasteiger partial charge in [0.2, 0.25) is 0 Å². The van der Waals surface area contributed by atoms with E-state index in [4.69, 9.17) is 0 Å². The number of anilines is 1. The number of allylic oxidation sites excluding steroid dienone is 1. The average Bonchev–Trinajstić information content (AvgIpc) is 2.53. The lowest BCUT2D eigenvalue weighted by Gasteiger charge is -2.03. The first-order valence-electron chi connectivity index (χ1n) is 6.63. The van der Waals surface area contributed by atoms with Crippen LogP contribution in [0.2, 0.25) is 0 Å². The molecule has 2 N–H and O–H groups in total. The van der Waals surface area contributed by atoms with E-state index >= 15 is 0 Å². The molecular weight excluding hydrogens is 262 g/mol. The van der Waals surface area contributed by atoms with Crippen molar-refractivity contribution in [3.8, 4) is 0 Å². The summed E-state index contributed by atoms with van der Waals surface area (Å²) in [6.07, 6.45) is 3.79. The fourth-order valence-electron chi connectivity index (χ4n) is 1.64. The molecule has 106 valence electrons. The maximum absolute atomic E-state index is 11.6. The quantitative estimate of drug-likeness (QED) is 0.647. The second-order valence-electron chi connectivity index (χ2n) is 4.43. The minimum Gasteiger partial charge on any atom is -0.307 e. The lowest BCUT2D eigenvalue weighted by molar-refractivity contribution is 0.252. The molecule has 0 spiro atoms. The van der Waals surface area contributed by atoms with Gasteiger partial charge in [-0.1, -0.05) is 54.6 Å². The first-order chi connectivity index (χ1) is 10.2. The molecule has 4 nitrogen and oxygen atoms in total. The number of hydrogen-bond acceptors (Lipinski definition) is 2. The Morgan fingerprint density at radius 3 is 2.29 bits per heavy atom. The Balaban J connectivity index is 1.85. The Hall–Kier alpha value is -2.88. The van der Waals surface area contributed by atoms with Crippen LogP contribution in [0.4, 0.5) is 10.5 Å². The van der Waals surface area contributed by atoms with Crippen LogP contribution in [0.5, 0.6) is 0 Å². The van der Waals surface area contributed by atoms with E-state index in [1.165, 1.54) is 0 Å². The Morgan fingerprint density at radius 1 is 1.00 bits per heavy atom. The monoisotopic (exact) mass is 279 g/mol. The molecule has 0 fully saturated rings. The number of hydrazone groups is 1. The molecule has 2 rings (SSSR count). The molecule has 0 unspecified atom stereocenters. The highest BCUT2D eigenvalue weighted by molar-refractivity contribution is 5.97. The number of urea groups is 1. The van der Waals surface area contributed by atoms with E-state index in [0.29, 0.717) is 5.71 Å². The van der Waals surface area contributed by atoms with Crippen LogP contribution in [0.1, 0.15) is 12.5 Å². The van der Waals surface area contributed by atoms with Crippen molar-refractivity contribution in [3.63, 3.8) is 0 Å². The summed E-state index contributed by atoms with van der Waals surface area (Å²) in [6.45, 7) is 1.82. The summed E-state index contributed by atoms with van der Waals surface area (Å²) >= 11 is 0. The van der Waals surface area contributed by atoms with Gasteiger partial charge < -0.3 is 5.32 Å². The van der Waals surface area contributed by atoms with Crippen LogP contribution in [-0.2, 0) is 0 Å². The number of benzene rings is 2.